The van der Waals surface area contributed by atoms with E-state index < -0.39 is 0 Å². The molecule has 3 aliphatic rings. The van der Waals surface area contributed by atoms with Crippen LogP contribution in [0.4, 0.5) is 0 Å². The topological polar surface area (TPSA) is 20.3 Å². The van der Waals surface area contributed by atoms with Crippen LogP contribution < -0.4 is 0 Å². The van der Waals surface area contributed by atoms with Crippen molar-refractivity contribution < 1.29 is 4.79 Å². The van der Waals surface area contributed by atoms with Gasteiger partial charge in [0.05, 0.1) is 0 Å². The predicted octanol–water partition coefficient (Wildman–Crippen LogP) is 3.27. The van der Waals surface area contributed by atoms with E-state index in [1.54, 1.807) is 0 Å². The monoisotopic (exact) mass is 297 g/mol. The maximum absolute atomic E-state index is 12.8. The molecular formula is C20H27NO. The summed E-state index contributed by atoms with van der Waals surface area (Å²) in [6.07, 6.45) is 1.07. The van der Waals surface area contributed by atoms with E-state index in [4.69, 9.17) is 0 Å². The van der Waals surface area contributed by atoms with Crippen molar-refractivity contribution >= 4 is 5.78 Å². The standard InChI is InChI=1S/C20H27NO/c1-13-15-16-17(19(15,2)3)20(16,18(13)22)12-21(4)11-10-14-8-6-5-7-9-14/h5-9,13,15-17H,10-12H2,1-4H3/t13-,15+,16?,17-,20-/m1/s1. The highest BCUT2D eigenvalue weighted by atomic mass is 16.1. The van der Waals surface area contributed by atoms with Crippen LogP contribution in [0.15, 0.2) is 30.3 Å². The molecule has 3 aliphatic carbocycles. The molecule has 4 rings (SSSR count). The summed E-state index contributed by atoms with van der Waals surface area (Å²) in [6, 6.07) is 10.6. The number of Topliss-reactive ketones (excluding diaryl/α,β-unsaturated/α-hetero) is 1. The van der Waals surface area contributed by atoms with E-state index in [2.05, 4.69) is 63.1 Å². The molecule has 0 saturated heterocycles. The van der Waals surface area contributed by atoms with Crippen LogP contribution in [0.5, 0.6) is 0 Å². The van der Waals surface area contributed by atoms with Crippen LogP contribution in [0, 0.1) is 34.5 Å². The number of ketones is 1. The molecule has 0 amide bonds. The second-order valence-corrected chi connectivity index (χ2v) is 8.52. The van der Waals surface area contributed by atoms with Gasteiger partial charge in [-0.1, -0.05) is 51.1 Å². The molecule has 118 valence electrons. The number of carbonyl (C=O) groups excluding carboxylic acids is 1. The molecule has 0 aliphatic heterocycles. The van der Waals surface area contributed by atoms with Crippen molar-refractivity contribution in [2.75, 3.05) is 20.1 Å². The van der Waals surface area contributed by atoms with Gasteiger partial charge in [-0.2, -0.15) is 0 Å². The molecule has 1 aromatic carbocycles. The summed E-state index contributed by atoms with van der Waals surface area (Å²) >= 11 is 0. The molecule has 3 fully saturated rings. The largest absolute Gasteiger partial charge is 0.305 e. The Bertz CT molecular complexity index is 607. The number of carbonyl (C=O) groups is 1. The van der Waals surface area contributed by atoms with Gasteiger partial charge in [-0.15, -0.1) is 0 Å². The maximum atomic E-state index is 12.8. The van der Waals surface area contributed by atoms with Gasteiger partial charge in [-0.25, -0.2) is 0 Å². The summed E-state index contributed by atoms with van der Waals surface area (Å²) in [5.41, 5.74) is 1.78. The number of hydrogen-bond donors (Lipinski definition) is 0. The molecule has 0 N–H and O–H groups in total. The smallest absolute Gasteiger partial charge is 0.144 e. The van der Waals surface area contributed by atoms with Crippen molar-refractivity contribution in [1.82, 2.24) is 4.90 Å². The highest BCUT2D eigenvalue weighted by molar-refractivity contribution is 5.96. The first-order chi connectivity index (χ1) is 10.4. The minimum absolute atomic E-state index is 0.0129. The van der Waals surface area contributed by atoms with E-state index >= 15 is 0 Å². The predicted molar refractivity (Wildman–Crippen MR) is 88.5 cm³/mol. The lowest BCUT2D eigenvalue weighted by molar-refractivity contribution is -0.135. The van der Waals surface area contributed by atoms with Crippen molar-refractivity contribution in [2.24, 2.45) is 34.5 Å². The van der Waals surface area contributed by atoms with E-state index in [-0.39, 0.29) is 11.3 Å². The van der Waals surface area contributed by atoms with E-state index in [1.165, 1.54) is 5.56 Å². The summed E-state index contributed by atoms with van der Waals surface area (Å²) < 4.78 is 0. The summed E-state index contributed by atoms with van der Waals surface area (Å²) in [5, 5.41) is 0. The Morgan fingerprint density at radius 3 is 2.45 bits per heavy atom. The second kappa shape index (κ2) is 4.44. The molecule has 3 saturated carbocycles. The van der Waals surface area contributed by atoms with Crippen LogP contribution in [0.2, 0.25) is 0 Å². The van der Waals surface area contributed by atoms with Crippen molar-refractivity contribution in [3.05, 3.63) is 35.9 Å². The molecule has 2 nitrogen and oxygen atoms in total. The fraction of sp³-hybridized carbons (Fsp3) is 0.650. The van der Waals surface area contributed by atoms with E-state index in [0.717, 1.165) is 19.5 Å². The molecule has 0 heterocycles. The first kappa shape index (κ1) is 14.4. The van der Waals surface area contributed by atoms with Crippen LogP contribution in [-0.2, 0) is 11.2 Å². The Morgan fingerprint density at radius 1 is 1.14 bits per heavy atom. The molecule has 1 unspecified atom stereocenters. The van der Waals surface area contributed by atoms with Crippen LogP contribution >= 0.6 is 0 Å². The van der Waals surface area contributed by atoms with Crippen molar-refractivity contribution in [1.29, 1.82) is 0 Å². The molecular weight excluding hydrogens is 270 g/mol. The van der Waals surface area contributed by atoms with Gasteiger partial charge < -0.3 is 4.90 Å². The number of benzene rings is 1. The number of likely N-dealkylation sites (N-methyl/N-ethyl adjacent to an activating group) is 1. The molecule has 0 aromatic heterocycles. The van der Waals surface area contributed by atoms with Gasteiger partial charge in [-0.3, -0.25) is 4.79 Å². The molecule has 2 heteroatoms. The fourth-order valence-electron chi connectivity index (χ4n) is 6.31. The highest BCUT2D eigenvalue weighted by Crippen LogP contribution is 2.87. The average molecular weight is 297 g/mol. The minimum Gasteiger partial charge on any atom is -0.305 e. The van der Waals surface area contributed by atoms with Crippen LogP contribution in [0.3, 0.4) is 0 Å². The zero-order valence-corrected chi connectivity index (χ0v) is 14.2. The molecule has 0 bridgehead atoms. The summed E-state index contributed by atoms with van der Waals surface area (Å²) in [7, 11) is 2.19. The van der Waals surface area contributed by atoms with Gasteiger partial charge in [0, 0.05) is 24.4 Å². The number of nitrogens with zero attached hydrogens (tertiary/aromatic N) is 1. The van der Waals surface area contributed by atoms with Crippen molar-refractivity contribution in [3.63, 3.8) is 0 Å². The second-order valence-electron chi connectivity index (χ2n) is 8.52. The van der Waals surface area contributed by atoms with Gasteiger partial charge in [-0.05, 0) is 42.2 Å². The third kappa shape index (κ3) is 1.62. The quantitative estimate of drug-likeness (QED) is 0.831. The Balaban J connectivity index is 1.43. The zero-order valence-electron chi connectivity index (χ0n) is 14.2. The first-order valence-corrected chi connectivity index (χ1v) is 8.67. The summed E-state index contributed by atoms with van der Waals surface area (Å²) in [4.78, 5) is 15.2. The first-order valence-electron chi connectivity index (χ1n) is 8.67. The van der Waals surface area contributed by atoms with Crippen LogP contribution in [0.1, 0.15) is 26.3 Å². The van der Waals surface area contributed by atoms with E-state index in [0.29, 0.717) is 29.0 Å². The number of hydrogen-bond acceptors (Lipinski definition) is 2. The normalized spacial score (nSPS) is 40.5. The number of fused-ring (bicyclic) bond motifs is 1. The maximum Gasteiger partial charge on any atom is 0.144 e. The van der Waals surface area contributed by atoms with Gasteiger partial charge in [0.25, 0.3) is 0 Å². The van der Waals surface area contributed by atoms with E-state index in [9.17, 15) is 4.79 Å². The third-order valence-corrected chi connectivity index (χ3v) is 7.01. The lowest BCUT2D eigenvalue weighted by Crippen LogP contribution is -2.48. The van der Waals surface area contributed by atoms with Gasteiger partial charge in [0.15, 0.2) is 0 Å². The molecule has 22 heavy (non-hydrogen) atoms. The molecule has 0 radical (unpaired) electrons. The average Bonchev–Trinajstić information content (AvgIpc) is 3.04. The summed E-state index contributed by atoms with van der Waals surface area (Å²) in [5.74, 6) is 2.86. The lowest BCUT2D eigenvalue weighted by atomic mass is 9.56. The fourth-order valence-corrected chi connectivity index (χ4v) is 6.31. The van der Waals surface area contributed by atoms with Gasteiger partial charge >= 0.3 is 0 Å². The third-order valence-electron chi connectivity index (χ3n) is 7.01. The van der Waals surface area contributed by atoms with Gasteiger partial charge in [0.1, 0.15) is 5.78 Å². The van der Waals surface area contributed by atoms with Crippen molar-refractivity contribution in [2.45, 2.75) is 27.2 Å². The number of rotatable bonds is 5. The molecule has 1 aromatic rings. The van der Waals surface area contributed by atoms with Gasteiger partial charge in [0.2, 0.25) is 0 Å². The SMILES string of the molecule is C[C@H]1C(=O)[C@]2(CN(C)CCc3ccccc3)C3[C@H]1C(C)(C)[C@@H]32. The minimum atomic E-state index is 0.0129. The zero-order chi connectivity index (χ0) is 15.7. The Labute approximate surface area is 133 Å². The van der Waals surface area contributed by atoms with Crippen LogP contribution in [-0.4, -0.2) is 30.8 Å². The van der Waals surface area contributed by atoms with E-state index in [1.807, 2.05) is 0 Å². The molecule has 0 spiro atoms. The Morgan fingerprint density at radius 2 is 1.82 bits per heavy atom. The Hall–Kier alpha value is -1.15. The summed E-state index contributed by atoms with van der Waals surface area (Å²) in [6.45, 7) is 8.94. The highest BCUT2D eigenvalue weighted by Gasteiger charge is 2.89. The molecule has 5 atom stereocenters. The van der Waals surface area contributed by atoms with Crippen molar-refractivity contribution in [3.8, 4) is 0 Å². The lowest BCUT2D eigenvalue weighted by Gasteiger charge is -2.47. The van der Waals surface area contributed by atoms with Crippen LogP contribution in [0.25, 0.3) is 0 Å². The Kier molecular flexibility index (Phi) is 2.92.